The number of imidazole rings is 1. The molecule has 0 spiro atoms. The minimum atomic E-state index is 0.637. The number of hydrogen-bond acceptors (Lipinski definition) is 4. The molecule has 0 bridgehead atoms. The van der Waals surface area contributed by atoms with Gasteiger partial charge in [0.15, 0.2) is 0 Å². The Hall–Kier alpha value is -0.910. The van der Waals surface area contributed by atoms with Crippen molar-refractivity contribution in [1.82, 2.24) is 19.2 Å². The van der Waals surface area contributed by atoms with Crippen molar-refractivity contribution in [1.29, 1.82) is 0 Å². The molecule has 2 fully saturated rings. The smallest absolute Gasteiger partial charge is 0.123 e. The largest absolute Gasteiger partial charge is 0.306 e. The molecule has 0 aliphatic carbocycles. The molecule has 1 unspecified atom stereocenters. The van der Waals surface area contributed by atoms with Gasteiger partial charge < -0.3 is 4.90 Å². The number of fused-ring (bicyclic) bond motifs is 1. The summed E-state index contributed by atoms with van der Waals surface area (Å²) in [7, 11) is 2.24. The van der Waals surface area contributed by atoms with Crippen LogP contribution in [-0.2, 0) is 0 Å². The molecule has 108 valence electrons. The Balaban J connectivity index is 1.47. The molecule has 5 heteroatoms. The fourth-order valence-electron chi connectivity index (χ4n) is 3.73. The van der Waals surface area contributed by atoms with Crippen LogP contribution in [0.2, 0.25) is 0 Å². The molecule has 0 amide bonds. The van der Waals surface area contributed by atoms with Crippen LogP contribution >= 0.6 is 11.3 Å². The van der Waals surface area contributed by atoms with Crippen LogP contribution in [0.3, 0.4) is 0 Å². The molecule has 4 heterocycles. The first-order chi connectivity index (χ1) is 9.81. The van der Waals surface area contributed by atoms with Crippen LogP contribution in [0.15, 0.2) is 17.9 Å². The Bertz CT molecular complexity index is 581. The Morgan fingerprint density at radius 1 is 1.20 bits per heavy atom. The predicted octanol–water partition coefficient (Wildman–Crippen LogP) is 2.28. The Labute approximate surface area is 124 Å². The third-order valence-electron chi connectivity index (χ3n) is 4.99. The van der Waals surface area contributed by atoms with E-state index in [0.717, 1.165) is 6.04 Å². The van der Waals surface area contributed by atoms with Gasteiger partial charge in [0.05, 0.1) is 5.69 Å². The molecule has 1 atom stereocenters. The van der Waals surface area contributed by atoms with Gasteiger partial charge in [0, 0.05) is 30.1 Å². The molecule has 20 heavy (non-hydrogen) atoms. The van der Waals surface area contributed by atoms with Gasteiger partial charge in [0.2, 0.25) is 0 Å². The lowest BCUT2D eigenvalue weighted by Gasteiger charge is -2.35. The van der Waals surface area contributed by atoms with Gasteiger partial charge in [-0.25, -0.2) is 4.98 Å². The van der Waals surface area contributed by atoms with E-state index < -0.39 is 0 Å². The highest BCUT2D eigenvalue weighted by atomic mass is 32.1. The highest BCUT2D eigenvalue weighted by Gasteiger charge is 2.32. The Kier molecular flexibility index (Phi) is 3.28. The lowest BCUT2D eigenvalue weighted by Crippen LogP contribution is -2.42. The number of nitrogens with zero attached hydrogens (tertiary/aromatic N) is 4. The van der Waals surface area contributed by atoms with Crippen molar-refractivity contribution >= 4 is 16.2 Å². The number of thiazole rings is 1. The maximum absolute atomic E-state index is 4.67. The summed E-state index contributed by atoms with van der Waals surface area (Å²) in [5.41, 5.74) is 1.33. The van der Waals surface area contributed by atoms with Crippen molar-refractivity contribution in [3.8, 4) is 0 Å². The molecule has 4 nitrogen and oxygen atoms in total. The zero-order valence-corrected chi connectivity index (χ0v) is 12.9. The van der Waals surface area contributed by atoms with E-state index in [4.69, 9.17) is 0 Å². The van der Waals surface area contributed by atoms with Crippen molar-refractivity contribution in [2.45, 2.75) is 31.2 Å². The van der Waals surface area contributed by atoms with Crippen molar-refractivity contribution < 1.29 is 0 Å². The van der Waals surface area contributed by atoms with Gasteiger partial charge in [0.1, 0.15) is 11.2 Å². The van der Waals surface area contributed by atoms with Crippen molar-refractivity contribution in [3.63, 3.8) is 0 Å². The van der Waals surface area contributed by atoms with Crippen LogP contribution in [0, 0.1) is 0 Å². The minimum absolute atomic E-state index is 0.637. The van der Waals surface area contributed by atoms with Crippen LogP contribution < -0.4 is 0 Å². The molecule has 0 N–H and O–H groups in total. The second kappa shape index (κ2) is 5.13. The lowest BCUT2D eigenvalue weighted by atomic mass is 10.0. The zero-order valence-electron chi connectivity index (χ0n) is 12.0. The van der Waals surface area contributed by atoms with Gasteiger partial charge in [-0.3, -0.25) is 9.30 Å². The van der Waals surface area contributed by atoms with Crippen molar-refractivity contribution in [3.05, 3.63) is 23.6 Å². The van der Waals surface area contributed by atoms with E-state index in [1.165, 1.54) is 56.0 Å². The summed E-state index contributed by atoms with van der Waals surface area (Å²) in [6.45, 7) is 4.97. The summed E-state index contributed by atoms with van der Waals surface area (Å²) in [6, 6.07) is 0.803. The van der Waals surface area contributed by atoms with E-state index in [2.05, 4.69) is 37.8 Å². The van der Waals surface area contributed by atoms with Gasteiger partial charge in [-0.15, -0.1) is 11.3 Å². The standard InChI is InChI=1S/C15H22N4S/c1-17-5-3-13(4-6-17)18-7-2-12(10-18)14-15-19(11-16-14)8-9-20-15/h8-9,11-13H,2-7,10H2,1H3. The van der Waals surface area contributed by atoms with Crippen LogP contribution in [0.25, 0.3) is 4.83 Å². The number of piperidine rings is 1. The van der Waals surface area contributed by atoms with Gasteiger partial charge in [-0.05, 0) is 45.9 Å². The van der Waals surface area contributed by atoms with Crippen molar-refractivity contribution in [2.24, 2.45) is 0 Å². The monoisotopic (exact) mass is 290 g/mol. The summed E-state index contributed by atoms with van der Waals surface area (Å²) in [5.74, 6) is 0.637. The summed E-state index contributed by atoms with van der Waals surface area (Å²) in [5, 5.41) is 2.16. The average Bonchev–Trinajstić information content (AvgIpc) is 3.15. The number of hydrogen-bond donors (Lipinski definition) is 0. The minimum Gasteiger partial charge on any atom is -0.306 e. The lowest BCUT2D eigenvalue weighted by molar-refractivity contribution is 0.142. The summed E-state index contributed by atoms with van der Waals surface area (Å²) in [4.78, 5) is 11.2. The summed E-state index contributed by atoms with van der Waals surface area (Å²) < 4.78 is 2.16. The summed E-state index contributed by atoms with van der Waals surface area (Å²) >= 11 is 1.82. The van der Waals surface area contributed by atoms with Crippen molar-refractivity contribution in [2.75, 3.05) is 33.2 Å². The molecular weight excluding hydrogens is 268 g/mol. The third kappa shape index (κ3) is 2.18. The maximum atomic E-state index is 4.67. The predicted molar refractivity (Wildman–Crippen MR) is 82.5 cm³/mol. The van der Waals surface area contributed by atoms with E-state index in [-0.39, 0.29) is 0 Å². The second-order valence-electron chi connectivity index (χ2n) is 6.26. The first-order valence-corrected chi connectivity index (χ1v) is 8.52. The normalized spacial score (nSPS) is 26.8. The molecule has 2 aromatic rings. The molecule has 2 aliphatic heterocycles. The van der Waals surface area contributed by atoms with E-state index in [1.807, 2.05) is 17.7 Å². The van der Waals surface area contributed by atoms with E-state index >= 15 is 0 Å². The molecule has 2 saturated heterocycles. The first kappa shape index (κ1) is 12.8. The topological polar surface area (TPSA) is 23.8 Å². The zero-order chi connectivity index (χ0) is 13.5. The molecule has 2 aliphatic rings. The SMILES string of the molecule is CN1CCC(N2CCC(c3ncn4ccsc34)C2)CC1. The van der Waals surface area contributed by atoms with Gasteiger partial charge >= 0.3 is 0 Å². The number of aromatic nitrogens is 2. The van der Waals surface area contributed by atoms with Crippen LogP contribution in [0.4, 0.5) is 0 Å². The molecule has 0 radical (unpaired) electrons. The molecule has 4 rings (SSSR count). The quantitative estimate of drug-likeness (QED) is 0.848. The van der Waals surface area contributed by atoms with Gasteiger partial charge in [-0.1, -0.05) is 0 Å². The van der Waals surface area contributed by atoms with Gasteiger partial charge in [0.25, 0.3) is 0 Å². The van der Waals surface area contributed by atoms with E-state index in [1.54, 1.807) is 0 Å². The van der Waals surface area contributed by atoms with Crippen LogP contribution in [-0.4, -0.2) is 58.5 Å². The molecule has 2 aromatic heterocycles. The maximum Gasteiger partial charge on any atom is 0.123 e. The molecular formula is C15H22N4S. The molecule has 0 aromatic carbocycles. The van der Waals surface area contributed by atoms with E-state index in [0.29, 0.717) is 5.92 Å². The van der Waals surface area contributed by atoms with E-state index in [9.17, 15) is 0 Å². The highest BCUT2D eigenvalue weighted by molar-refractivity contribution is 7.15. The Morgan fingerprint density at radius 2 is 2.05 bits per heavy atom. The third-order valence-corrected chi connectivity index (χ3v) is 5.89. The average molecular weight is 290 g/mol. The fraction of sp³-hybridized carbons (Fsp3) is 0.667. The first-order valence-electron chi connectivity index (χ1n) is 7.64. The van der Waals surface area contributed by atoms with Crippen LogP contribution in [0.1, 0.15) is 30.9 Å². The van der Waals surface area contributed by atoms with Gasteiger partial charge in [-0.2, -0.15) is 0 Å². The second-order valence-corrected chi connectivity index (χ2v) is 7.15. The fourth-order valence-corrected chi connectivity index (χ4v) is 4.63. The highest BCUT2D eigenvalue weighted by Crippen LogP contribution is 2.33. The van der Waals surface area contributed by atoms with Crippen LogP contribution in [0.5, 0.6) is 0 Å². The molecule has 0 saturated carbocycles. The summed E-state index contributed by atoms with van der Waals surface area (Å²) in [6.07, 6.45) is 8.03. The number of likely N-dealkylation sites (tertiary alicyclic amines) is 2. The number of rotatable bonds is 2. The Morgan fingerprint density at radius 3 is 2.90 bits per heavy atom.